The standard InChI is InChI=1S/C14H11NO8S2/c16-15(17)12-8-7-11(14(9-12)25(21,22)23)6-5-10-3-1-2-4-13(10)24(18,19)20/h1-9H,(H,18,19,20)(H,21,22,23)/b6-5+. The zero-order valence-electron chi connectivity index (χ0n) is 12.3. The van der Waals surface area contributed by atoms with Crippen LogP contribution in [0.25, 0.3) is 12.2 Å². The Balaban J connectivity index is 2.59. The van der Waals surface area contributed by atoms with Crippen LogP contribution in [0.1, 0.15) is 11.1 Å². The van der Waals surface area contributed by atoms with E-state index in [1.807, 2.05) is 0 Å². The van der Waals surface area contributed by atoms with Crippen LogP contribution >= 0.6 is 0 Å². The number of rotatable bonds is 5. The average Bonchev–Trinajstić information content (AvgIpc) is 2.51. The van der Waals surface area contributed by atoms with Gasteiger partial charge in [0.1, 0.15) is 9.79 Å². The first-order valence-electron chi connectivity index (χ1n) is 6.50. The fourth-order valence-corrected chi connectivity index (χ4v) is 3.42. The molecule has 132 valence electrons. The Hall–Kier alpha value is -2.60. The summed E-state index contributed by atoms with van der Waals surface area (Å²) in [6.45, 7) is 0. The maximum absolute atomic E-state index is 11.4. The molecule has 0 saturated heterocycles. The third kappa shape index (κ3) is 4.48. The number of nitro groups is 1. The molecule has 2 aromatic carbocycles. The van der Waals surface area contributed by atoms with Gasteiger partial charge in [0.15, 0.2) is 0 Å². The molecule has 25 heavy (non-hydrogen) atoms. The summed E-state index contributed by atoms with van der Waals surface area (Å²) in [5.74, 6) is 0. The summed E-state index contributed by atoms with van der Waals surface area (Å²) in [7, 11) is -9.26. The van der Waals surface area contributed by atoms with Crippen LogP contribution in [0.4, 0.5) is 5.69 Å². The Bertz CT molecular complexity index is 1070. The number of benzene rings is 2. The van der Waals surface area contributed by atoms with Gasteiger partial charge in [0.2, 0.25) is 0 Å². The lowest BCUT2D eigenvalue weighted by atomic mass is 10.1. The Kier molecular flexibility index (Phi) is 5.04. The van der Waals surface area contributed by atoms with Crippen molar-refractivity contribution in [3.8, 4) is 0 Å². The summed E-state index contributed by atoms with van der Waals surface area (Å²) in [5, 5.41) is 10.7. The van der Waals surface area contributed by atoms with Gasteiger partial charge in [0, 0.05) is 12.1 Å². The molecule has 0 aromatic heterocycles. The van der Waals surface area contributed by atoms with Crippen LogP contribution in [0.5, 0.6) is 0 Å². The third-order valence-corrected chi connectivity index (χ3v) is 4.96. The van der Waals surface area contributed by atoms with Gasteiger partial charge in [-0.25, -0.2) is 0 Å². The molecule has 0 fully saturated rings. The van der Waals surface area contributed by atoms with Crippen molar-refractivity contribution in [2.24, 2.45) is 0 Å². The molecule has 9 nitrogen and oxygen atoms in total. The highest BCUT2D eigenvalue weighted by Crippen LogP contribution is 2.25. The lowest BCUT2D eigenvalue weighted by molar-refractivity contribution is -0.385. The fraction of sp³-hybridized carbons (Fsp3) is 0. The molecule has 0 unspecified atom stereocenters. The molecular formula is C14H11NO8S2. The maximum Gasteiger partial charge on any atom is 0.295 e. The molecule has 0 atom stereocenters. The fourth-order valence-electron chi connectivity index (χ4n) is 2.03. The normalized spacial score (nSPS) is 12.4. The minimum Gasteiger partial charge on any atom is -0.282 e. The number of nitro benzene ring substituents is 1. The second-order valence-corrected chi connectivity index (χ2v) is 7.58. The zero-order chi connectivity index (χ0) is 18.8. The van der Waals surface area contributed by atoms with Crippen LogP contribution in [0.3, 0.4) is 0 Å². The van der Waals surface area contributed by atoms with Crippen LogP contribution < -0.4 is 0 Å². The second kappa shape index (κ2) is 6.72. The summed E-state index contributed by atoms with van der Waals surface area (Å²) in [5.41, 5.74) is -0.578. The van der Waals surface area contributed by atoms with Crippen molar-refractivity contribution < 1.29 is 30.9 Å². The highest BCUT2D eigenvalue weighted by Gasteiger charge is 2.19. The SMILES string of the molecule is O=[N+]([O-])c1ccc(/C=C/c2ccccc2S(=O)(=O)O)c(S(=O)(=O)O)c1. The van der Waals surface area contributed by atoms with Crippen molar-refractivity contribution in [2.75, 3.05) is 0 Å². The molecule has 0 saturated carbocycles. The van der Waals surface area contributed by atoms with Gasteiger partial charge < -0.3 is 0 Å². The van der Waals surface area contributed by atoms with E-state index in [9.17, 15) is 36.1 Å². The number of hydrogen-bond donors (Lipinski definition) is 2. The van der Waals surface area contributed by atoms with Crippen molar-refractivity contribution in [1.29, 1.82) is 0 Å². The Labute approximate surface area is 142 Å². The second-order valence-electron chi connectivity index (χ2n) is 4.80. The van der Waals surface area contributed by atoms with Crippen LogP contribution in [0, 0.1) is 10.1 Å². The first-order chi connectivity index (χ1) is 11.5. The number of hydrogen-bond acceptors (Lipinski definition) is 6. The van der Waals surface area contributed by atoms with Gasteiger partial charge in [-0.05, 0) is 23.3 Å². The summed E-state index contributed by atoms with van der Waals surface area (Å²) in [4.78, 5) is 8.81. The van der Waals surface area contributed by atoms with Crippen molar-refractivity contribution in [3.63, 3.8) is 0 Å². The lowest BCUT2D eigenvalue weighted by Gasteiger charge is -2.04. The van der Waals surface area contributed by atoms with Crippen LogP contribution in [0.2, 0.25) is 0 Å². The maximum atomic E-state index is 11.4. The van der Waals surface area contributed by atoms with Crippen LogP contribution in [-0.4, -0.2) is 30.9 Å². The van der Waals surface area contributed by atoms with Crippen molar-refractivity contribution in [3.05, 3.63) is 63.7 Å². The Morgan fingerprint density at radius 2 is 1.36 bits per heavy atom. The predicted molar refractivity (Wildman–Crippen MR) is 88.1 cm³/mol. The number of non-ortho nitro benzene ring substituents is 1. The van der Waals surface area contributed by atoms with Crippen LogP contribution in [-0.2, 0) is 20.2 Å². The Morgan fingerprint density at radius 3 is 1.88 bits per heavy atom. The molecule has 2 aromatic rings. The molecule has 0 amide bonds. The average molecular weight is 385 g/mol. The van der Waals surface area contributed by atoms with E-state index < -0.39 is 40.6 Å². The zero-order valence-corrected chi connectivity index (χ0v) is 13.9. The highest BCUT2D eigenvalue weighted by atomic mass is 32.2. The molecular weight excluding hydrogens is 374 g/mol. The van der Waals surface area contributed by atoms with Gasteiger partial charge in [-0.2, -0.15) is 16.8 Å². The molecule has 2 N–H and O–H groups in total. The first-order valence-corrected chi connectivity index (χ1v) is 9.39. The van der Waals surface area contributed by atoms with Crippen molar-refractivity contribution >= 4 is 38.1 Å². The lowest BCUT2D eigenvalue weighted by Crippen LogP contribution is -2.02. The van der Waals surface area contributed by atoms with E-state index in [4.69, 9.17) is 0 Å². The quantitative estimate of drug-likeness (QED) is 0.344. The Morgan fingerprint density at radius 1 is 0.840 bits per heavy atom. The highest BCUT2D eigenvalue weighted by molar-refractivity contribution is 7.86. The molecule has 0 aliphatic heterocycles. The first kappa shape index (κ1) is 18.7. The van der Waals surface area contributed by atoms with Gasteiger partial charge in [-0.3, -0.25) is 19.2 Å². The van der Waals surface area contributed by atoms with Crippen LogP contribution in [0.15, 0.2) is 52.3 Å². The summed E-state index contributed by atoms with van der Waals surface area (Å²) in [6, 6.07) is 8.19. The van der Waals surface area contributed by atoms with Crippen molar-refractivity contribution in [1.82, 2.24) is 0 Å². The van der Waals surface area contributed by atoms with E-state index in [0.717, 1.165) is 24.3 Å². The molecule has 0 aliphatic rings. The summed E-state index contributed by atoms with van der Waals surface area (Å²) >= 11 is 0. The molecule has 11 heteroatoms. The van der Waals surface area contributed by atoms with E-state index in [1.54, 1.807) is 0 Å². The topological polar surface area (TPSA) is 152 Å². The molecule has 0 radical (unpaired) electrons. The minimum atomic E-state index is -4.76. The van der Waals surface area contributed by atoms with Gasteiger partial charge in [0.25, 0.3) is 25.9 Å². The summed E-state index contributed by atoms with van der Waals surface area (Å²) < 4.78 is 63.9. The van der Waals surface area contributed by atoms with E-state index in [0.29, 0.717) is 6.07 Å². The van der Waals surface area contributed by atoms with Gasteiger partial charge >= 0.3 is 0 Å². The molecule has 0 heterocycles. The smallest absolute Gasteiger partial charge is 0.282 e. The van der Waals surface area contributed by atoms with Gasteiger partial charge in [-0.1, -0.05) is 30.4 Å². The van der Waals surface area contributed by atoms with Gasteiger partial charge in [0.05, 0.1) is 4.92 Å². The van der Waals surface area contributed by atoms with E-state index >= 15 is 0 Å². The molecule has 0 aliphatic carbocycles. The van der Waals surface area contributed by atoms with Gasteiger partial charge in [-0.15, -0.1) is 0 Å². The monoisotopic (exact) mass is 385 g/mol. The van der Waals surface area contributed by atoms with E-state index in [1.165, 1.54) is 24.3 Å². The predicted octanol–water partition coefficient (Wildman–Crippen LogP) is 2.26. The number of nitrogens with zero attached hydrogens (tertiary/aromatic N) is 1. The summed E-state index contributed by atoms with van der Waals surface area (Å²) in [6.07, 6.45) is 2.34. The molecule has 0 bridgehead atoms. The van der Waals surface area contributed by atoms with E-state index in [2.05, 4.69) is 0 Å². The van der Waals surface area contributed by atoms with E-state index in [-0.39, 0.29) is 11.1 Å². The largest absolute Gasteiger partial charge is 0.295 e. The molecule has 0 spiro atoms. The minimum absolute atomic E-state index is 0.0599. The van der Waals surface area contributed by atoms with Crippen molar-refractivity contribution in [2.45, 2.75) is 9.79 Å². The molecule has 2 rings (SSSR count). The third-order valence-electron chi connectivity index (χ3n) is 3.13.